The molecule has 0 aromatic heterocycles. The molecule has 24 heavy (non-hydrogen) atoms. The Kier molecular flexibility index (Phi) is 6.45. The third kappa shape index (κ3) is 4.25. The van der Waals surface area contributed by atoms with Crippen LogP contribution in [-0.4, -0.2) is 35.7 Å². The number of benzene rings is 2. The lowest BCUT2D eigenvalue weighted by atomic mass is 9.81. The fourth-order valence-electron chi connectivity index (χ4n) is 4.07. The summed E-state index contributed by atoms with van der Waals surface area (Å²) in [6, 6.07) is 22.2. The Bertz CT molecular complexity index is 538. The van der Waals surface area contributed by atoms with Crippen molar-refractivity contribution in [2.24, 2.45) is 0 Å². The maximum Gasteiger partial charge on any atom is 0.0431 e. The molecule has 128 valence electrons. The van der Waals surface area contributed by atoms with E-state index in [9.17, 15) is 5.11 Å². The van der Waals surface area contributed by atoms with Gasteiger partial charge in [-0.15, -0.1) is 0 Å². The van der Waals surface area contributed by atoms with Gasteiger partial charge in [-0.25, -0.2) is 0 Å². The van der Waals surface area contributed by atoms with Crippen LogP contribution in [0, 0.1) is 0 Å². The van der Waals surface area contributed by atoms with Gasteiger partial charge in [-0.3, -0.25) is 4.90 Å². The van der Waals surface area contributed by atoms with Crippen LogP contribution >= 0.6 is 0 Å². The van der Waals surface area contributed by atoms with E-state index in [2.05, 4.69) is 65.6 Å². The van der Waals surface area contributed by atoms with Crippen LogP contribution in [-0.2, 0) is 0 Å². The molecule has 1 N–H and O–H groups in total. The highest BCUT2D eigenvalue weighted by atomic mass is 16.2. The molecule has 1 fully saturated rings. The smallest absolute Gasteiger partial charge is 0.0431 e. The molecule has 0 bridgehead atoms. The second-order valence-corrected chi connectivity index (χ2v) is 6.83. The summed E-state index contributed by atoms with van der Waals surface area (Å²) in [4.78, 5) is 2.67. The Balaban J connectivity index is 1.96. The van der Waals surface area contributed by atoms with Crippen LogP contribution in [0.15, 0.2) is 60.7 Å². The first-order valence-electron chi connectivity index (χ1n) is 9.35. The van der Waals surface area contributed by atoms with Gasteiger partial charge in [0.2, 0.25) is 0 Å². The number of likely N-dealkylation sites (tertiary alicyclic amines) is 1. The Labute approximate surface area is 146 Å². The first-order valence-corrected chi connectivity index (χ1v) is 9.35. The predicted octanol–water partition coefficient (Wildman–Crippen LogP) is 4.45. The van der Waals surface area contributed by atoms with E-state index in [1.165, 1.54) is 43.5 Å². The minimum Gasteiger partial charge on any atom is -0.396 e. The number of hydrogen-bond acceptors (Lipinski definition) is 2. The summed E-state index contributed by atoms with van der Waals surface area (Å²) in [5, 5.41) is 9.42. The molecule has 0 aliphatic carbocycles. The zero-order valence-corrected chi connectivity index (χ0v) is 14.5. The van der Waals surface area contributed by atoms with Crippen molar-refractivity contribution >= 4 is 0 Å². The molecule has 2 aromatic rings. The van der Waals surface area contributed by atoms with E-state index >= 15 is 0 Å². The van der Waals surface area contributed by atoms with Crippen molar-refractivity contribution in [3.05, 3.63) is 71.8 Å². The highest BCUT2D eigenvalue weighted by Gasteiger charge is 2.30. The molecule has 1 aliphatic heterocycles. The molecule has 1 aliphatic rings. The van der Waals surface area contributed by atoms with E-state index < -0.39 is 0 Å². The van der Waals surface area contributed by atoms with Gasteiger partial charge in [-0.1, -0.05) is 67.1 Å². The molecule has 3 rings (SSSR count). The Hall–Kier alpha value is -1.64. The number of aliphatic hydroxyl groups is 1. The standard InChI is InChI=1S/C22H29NO/c24-18-10-15-21(23-16-8-3-9-17-23)22(19-11-4-1-5-12-19)20-13-6-2-7-14-20/h1-2,4-7,11-14,21-22,24H,3,8-10,15-18H2. The molecule has 2 aromatic carbocycles. The number of hydrogen-bond donors (Lipinski definition) is 1. The molecule has 2 nitrogen and oxygen atoms in total. The number of rotatable bonds is 7. The summed E-state index contributed by atoms with van der Waals surface area (Å²) >= 11 is 0. The van der Waals surface area contributed by atoms with Gasteiger partial charge in [0.1, 0.15) is 0 Å². The van der Waals surface area contributed by atoms with E-state index in [1.54, 1.807) is 0 Å². The van der Waals surface area contributed by atoms with Crippen LogP contribution in [0.2, 0.25) is 0 Å². The number of piperidine rings is 1. The maximum absolute atomic E-state index is 9.42. The van der Waals surface area contributed by atoms with E-state index in [0.717, 1.165) is 12.8 Å². The largest absolute Gasteiger partial charge is 0.396 e. The summed E-state index contributed by atoms with van der Waals surface area (Å²) in [5.74, 6) is 0.372. The lowest BCUT2D eigenvalue weighted by molar-refractivity contribution is 0.133. The Morgan fingerprint density at radius 3 is 1.83 bits per heavy atom. The molecule has 1 unspecified atom stereocenters. The quantitative estimate of drug-likeness (QED) is 0.814. The van der Waals surface area contributed by atoms with Crippen LogP contribution < -0.4 is 0 Å². The van der Waals surface area contributed by atoms with Crippen molar-refractivity contribution in [1.82, 2.24) is 4.90 Å². The van der Waals surface area contributed by atoms with Crippen LogP contribution in [0.25, 0.3) is 0 Å². The molecule has 0 radical (unpaired) electrons. The summed E-state index contributed by atoms with van der Waals surface area (Å²) < 4.78 is 0. The minimum absolute atomic E-state index is 0.278. The predicted molar refractivity (Wildman–Crippen MR) is 100 cm³/mol. The number of aliphatic hydroxyl groups excluding tert-OH is 1. The maximum atomic E-state index is 9.42. The second-order valence-electron chi connectivity index (χ2n) is 6.83. The molecular formula is C22H29NO. The lowest BCUT2D eigenvalue weighted by Gasteiger charge is -2.40. The van der Waals surface area contributed by atoms with Gasteiger partial charge >= 0.3 is 0 Å². The molecular weight excluding hydrogens is 294 g/mol. The van der Waals surface area contributed by atoms with Crippen LogP contribution in [0.4, 0.5) is 0 Å². The van der Waals surface area contributed by atoms with Gasteiger partial charge in [-0.2, -0.15) is 0 Å². The summed E-state index contributed by atoms with van der Waals surface area (Å²) in [6.07, 6.45) is 5.87. The van der Waals surface area contributed by atoms with Crippen molar-refractivity contribution in [2.75, 3.05) is 19.7 Å². The minimum atomic E-state index is 0.278. The van der Waals surface area contributed by atoms with E-state index in [1.807, 2.05) is 0 Å². The van der Waals surface area contributed by atoms with E-state index in [0.29, 0.717) is 12.0 Å². The summed E-state index contributed by atoms with van der Waals surface area (Å²) in [7, 11) is 0. The lowest BCUT2D eigenvalue weighted by Crippen LogP contribution is -2.43. The monoisotopic (exact) mass is 323 g/mol. The van der Waals surface area contributed by atoms with Gasteiger partial charge in [0.15, 0.2) is 0 Å². The van der Waals surface area contributed by atoms with Crippen molar-refractivity contribution in [3.63, 3.8) is 0 Å². The third-order valence-corrected chi connectivity index (χ3v) is 5.22. The van der Waals surface area contributed by atoms with Gasteiger partial charge in [0.25, 0.3) is 0 Å². The highest BCUT2D eigenvalue weighted by Crippen LogP contribution is 2.34. The van der Waals surface area contributed by atoms with Crippen molar-refractivity contribution < 1.29 is 5.11 Å². The first-order chi connectivity index (χ1) is 11.9. The average molecular weight is 323 g/mol. The van der Waals surface area contributed by atoms with Gasteiger partial charge < -0.3 is 5.11 Å². The fourth-order valence-corrected chi connectivity index (χ4v) is 4.07. The van der Waals surface area contributed by atoms with E-state index in [4.69, 9.17) is 0 Å². The molecule has 0 saturated carbocycles. The third-order valence-electron chi connectivity index (χ3n) is 5.22. The molecule has 1 atom stereocenters. The molecule has 2 heteroatoms. The normalized spacial score (nSPS) is 17.1. The first kappa shape index (κ1) is 17.2. The van der Waals surface area contributed by atoms with Gasteiger partial charge in [0, 0.05) is 18.6 Å². The van der Waals surface area contributed by atoms with Crippen LogP contribution in [0.1, 0.15) is 49.1 Å². The molecule has 1 heterocycles. The topological polar surface area (TPSA) is 23.5 Å². The summed E-state index contributed by atoms with van der Waals surface area (Å²) in [6.45, 7) is 2.65. The second kappa shape index (κ2) is 9.00. The number of nitrogens with zero attached hydrogens (tertiary/aromatic N) is 1. The highest BCUT2D eigenvalue weighted by molar-refractivity contribution is 5.34. The van der Waals surface area contributed by atoms with Crippen LogP contribution in [0.3, 0.4) is 0 Å². The molecule has 1 saturated heterocycles. The Morgan fingerprint density at radius 1 is 0.792 bits per heavy atom. The zero-order chi connectivity index (χ0) is 16.6. The summed E-state index contributed by atoms with van der Waals surface area (Å²) in [5.41, 5.74) is 2.77. The van der Waals surface area contributed by atoms with Crippen molar-refractivity contribution in [1.29, 1.82) is 0 Å². The van der Waals surface area contributed by atoms with Crippen LogP contribution in [0.5, 0.6) is 0 Å². The van der Waals surface area contributed by atoms with Gasteiger partial charge in [0.05, 0.1) is 0 Å². The molecule has 0 spiro atoms. The van der Waals surface area contributed by atoms with Crippen molar-refractivity contribution in [3.8, 4) is 0 Å². The van der Waals surface area contributed by atoms with Crippen molar-refractivity contribution in [2.45, 2.75) is 44.1 Å². The zero-order valence-electron chi connectivity index (χ0n) is 14.5. The Morgan fingerprint density at radius 2 is 1.33 bits per heavy atom. The van der Waals surface area contributed by atoms with E-state index in [-0.39, 0.29) is 6.61 Å². The van der Waals surface area contributed by atoms with Gasteiger partial charge in [-0.05, 0) is 49.9 Å². The average Bonchev–Trinajstić information content (AvgIpc) is 2.67. The molecule has 0 amide bonds. The fraction of sp³-hybridized carbons (Fsp3) is 0.455. The SMILES string of the molecule is OCCCC(C(c1ccccc1)c1ccccc1)N1CCCCC1.